The van der Waals surface area contributed by atoms with Crippen LogP contribution in [0.3, 0.4) is 0 Å². The quantitative estimate of drug-likeness (QED) is 0.758. The zero-order valence-electron chi connectivity index (χ0n) is 12.6. The van der Waals surface area contributed by atoms with Gasteiger partial charge in [-0.05, 0) is 34.6 Å². The minimum Gasteiger partial charge on any atom is -0.466 e. The molecule has 0 fully saturated rings. The number of hydrogen-bond donors (Lipinski definition) is 2. The Labute approximate surface area is 119 Å². The predicted octanol–water partition coefficient (Wildman–Crippen LogP) is 1.25. The van der Waals surface area contributed by atoms with Gasteiger partial charge in [-0.2, -0.15) is 0 Å². The van der Waals surface area contributed by atoms with Crippen molar-refractivity contribution in [3.05, 3.63) is 11.9 Å². The fourth-order valence-electron chi connectivity index (χ4n) is 1.83. The highest BCUT2D eigenvalue weighted by Gasteiger charge is 2.43. The molecule has 1 atom stereocenters. The molecule has 0 saturated carbocycles. The van der Waals surface area contributed by atoms with Crippen LogP contribution in [-0.4, -0.2) is 35.0 Å². The second-order valence-electron chi connectivity index (χ2n) is 5.69. The van der Waals surface area contributed by atoms with Crippen LogP contribution in [-0.2, 0) is 14.3 Å². The Morgan fingerprint density at radius 2 is 2.05 bits per heavy atom. The summed E-state index contributed by atoms with van der Waals surface area (Å²) in [5, 5.41) is 2.90. The van der Waals surface area contributed by atoms with Gasteiger partial charge >= 0.3 is 12.1 Å². The van der Waals surface area contributed by atoms with Gasteiger partial charge in [0.1, 0.15) is 12.0 Å². The van der Waals surface area contributed by atoms with Gasteiger partial charge < -0.3 is 14.8 Å². The largest absolute Gasteiger partial charge is 0.466 e. The third-order valence-corrected chi connectivity index (χ3v) is 2.48. The molecule has 0 bridgehead atoms. The van der Waals surface area contributed by atoms with Gasteiger partial charge in [0.05, 0.1) is 6.61 Å². The molecule has 7 heteroatoms. The summed E-state index contributed by atoms with van der Waals surface area (Å²) in [6.45, 7) is 8.99. The minimum absolute atomic E-state index is 0.173. The summed E-state index contributed by atoms with van der Waals surface area (Å²) in [6, 6.07) is 0. The average molecular weight is 285 g/mol. The van der Waals surface area contributed by atoms with E-state index < -0.39 is 23.5 Å². The Kier molecular flexibility index (Phi) is 4.65. The number of nitrogens with one attached hydrogen (secondary N) is 1. The molecule has 1 aliphatic rings. The van der Waals surface area contributed by atoms with Crippen LogP contribution >= 0.6 is 0 Å². The zero-order valence-corrected chi connectivity index (χ0v) is 12.6. The van der Waals surface area contributed by atoms with E-state index in [0.717, 1.165) is 0 Å². The molecular formula is C13H23N3O4. The van der Waals surface area contributed by atoms with Crippen LogP contribution in [0.1, 0.15) is 41.0 Å². The van der Waals surface area contributed by atoms with E-state index in [1.54, 1.807) is 34.6 Å². The molecule has 1 amide bonds. The van der Waals surface area contributed by atoms with Crippen molar-refractivity contribution in [1.82, 2.24) is 10.2 Å². The van der Waals surface area contributed by atoms with Gasteiger partial charge in [0.2, 0.25) is 0 Å². The van der Waals surface area contributed by atoms with Crippen LogP contribution in [0.4, 0.5) is 4.79 Å². The van der Waals surface area contributed by atoms with Gasteiger partial charge in [0, 0.05) is 11.9 Å². The number of nitrogens with zero attached hydrogens (tertiary/aromatic N) is 1. The lowest BCUT2D eigenvalue weighted by atomic mass is 10.2. The molecule has 0 aromatic heterocycles. The molecule has 0 aliphatic carbocycles. The molecule has 7 nitrogen and oxygen atoms in total. The summed E-state index contributed by atoms with van der Waals surface area (Å²) in [5.74, 6) is -1.85. The third kappa shape index (κ3) is 4.12. The first-order valence-electron chi connectivity index (χ1n) is 6.51. The van der Waals surface area contributed by atoms with E-state index in [2.05, 4.69) is 5.32 Å². The molecular weight excluding hydrogens is 262 g/mol. The van der Waals surface area contributed by atoms with Crippen LogP contribution < -0.4 is 11.1 Å². The lowest BCUT2D eigenvalue weighted by molar-refractivity contribution is -0.146. The molecule has 114 valence electrons. The fraction of sp³-hybridized carbons (Fsp3) is 0.692. The maximum absolute atomic E-state index is 12.1. The first-order chi connectivity index (χ1) is 9.07. The number of carbonyl (C=O) groups excluding carboxylic acids is 2. The maximum Gasteiger partial charge on any atom is 0.417 e. The van der Waals surface area contributed by atoms with Gasteiger partial charge in [0.15, 0.2) is 5.79 Å². The topological polar surface area (TPSA) is 93.9 Å². The molecule has 0 saturated heterocycles. The van der Waals surface area contributed by atoms with E-state index in [9.17, 15) is 9.59 Å². The SMILES string of the molecule is CCOC(=O)CC1(N)NC(C)=CN1C(=O)OC(C)(C)C. The van der Waals surface area contributed by atoms with Crippen LogP contribution in [0, 0.1) is 0 Å². The third-order valence-electron chi connectivity index (χ3n) is 2.48. The number of esters is 1. The van der Waals surface area contributed by atoms with E-state index in [1.807, 2.05) is 0 Å². The van der Waals surface area contributed by atoms with Crippen molar-refractivity contribution in [1.29, 1.82) is 0 Å². The Hall–Kier alpha value is -1.76. The van der Waals surface area contributed by atoms with Crippen molar-refractivity contribution in [3.8, 4) is 0 Å². The Morgan fingerprint density at radius 3 is 2.55 bits per heavy atom. The predicted molar refractivity (Wildman–Crippen MR) is 73.1 cm³/mol. The van der Waals surface area contributed by atoms with Crippen molar-refractivity contribution in [2.75, 3.05) is 6.61 Å². The normalized spacial score (nSPS) is 22.1. The summed E-state index contributed by atoms with van der Waals surface area (Å²) >= 11 is 0. The number of ether oxygens (including phenoxy) is 2. The number of amides is 1. The van der Waals surface area contributed by atoms with Crippen LogP contribution in [0.5, 0.6) is 0 Å². The number of hydrogen-bond acceptors (Lipinski definition) is 6. The lowest BCUT2D eigenvalue weighted by Crippen LogP contribution is -2.62. The molecule has 20 heavy (non-hydrogen) atoms. The van der Waals surface area contributed by atoms with E-state index in [-0.39, 0.29) is 13.0 Å². The van der Waals surface area contributed by atoms with Gasteiger partial charge in [-0.1, -0.05) is 0 Å². The number of rotatable bonds is 3. The van der Waals surface area contributed by atoms with E-state index in [4.69, 9.17) is 15.2 Å². The van der Waals surface area contributed by atoms with Crippen LogP contribution in [0.2, 0.25) is 0 Å². The summed E-state index contributed by atoms with van der Waals surface area (Å²) in [6.07, 6.45) is 0.731. The molecule has 0 radical (unpaired) electrons. The molecule has 1 aliphatic heterocycles. The summed E-state index contributed by atoms with van der Waals surface area (Å²) in [5.41, 5.74) is 6.13. The smallest absolute Gasteiger partial charge is 0.417 e. The monoisotopic (exact) mass is 285 g/mol. The number of allylic oxidation sites excluding steroid dienone is 1. The standard InChI is InChI=1S/C13H23N3O4/c1-6-19-10(17)7-13(14)15-9(2)8-16(13)11(18)20-12(3,4)5/h8,15H,6-7,14H2,1-5H3. The van der Waals surface area contributed by atoms with E-state index >= 15 is 0 Å². The van der Waals surface area contributed by atoms with Gasteiger partial charge in [-0.25, -0.2) is 9.69 Å². The maximum atomic E-state index is 12.1. The summed E-state index contributed by atoms with van der Waals surface area (Å²) < 4.78 is 10.1. The Balaban J connectivity index is 2.85. The molecule has 3 N–H and O–H groups in total. The van der Waals surface area contributed by atoms with Gasteiger partial charge in [-0.3, -0.25) is 10.5 Å². The van der Waals surface area contributed by atoms with Crippen molar-refractivity contribution >= 4 is 12.1 Å². The molecule has 1 unspecified atom stereocenters. The second kappa shape index (κ2) is 5.70. The minimum atomic E-state index is -1.36. The van der Waals surface area contributed by atoms with Crippen LogP contribution in [0.15, 0.2) is 11.9 Å². The molecule has 0 aromatic carbocycles. The summed E-state index contributed by atoms with van der Waals surface area (Å²) in [4.78, 5) is 25.0. The van der Waals surface area contributed by atoms with E-state index in [0.29, 0.717) is 5.70 Å². The Bertz CT molecular complexity index is 428. The van der Waals surface area contributed by atoms with Crippen molar-refractivity contribution in [2.45, 2.75) is 52.4 Å². The highest BCUT2D eigenvalue weighted by molar-refractivity contribution is 5.75. The first-order valence-corrected chi connectivity index (χ1v) is 6.51. The van der Waals surface area contributed by atoms with Crippen molar-refractivity contribution in [2.24, 2.45) is 5.73 Å². The van der Waals surface area contributed by atoms with Gasteiger partial charge in [0.25, 0.3) is 0 Å². The number of carbonyl (C=O) groups is 2. The van der Waals surface area contributed by atoms with Crippen LogP contribution in [0.25, 0.3) is 0 Å². The fourth-order valence-corrected chi connectivity index (χ4v) is 1.83. The average Bonchev–Trinajstić information content (AvgIpc) is 2.51. The highest BCUT2D eigenvalue weighted by Crippen LogP contribution is 2.24. The second-order valence-corrected chi connectivity index (χ2v) is 5.69. The number of nitrogens with two attached hydrogens (primary N) is 1. The first kappa shape index (κ1) is 16.3. The molecule has 1 rings (SSSR count). The summed E-state index contributed by atoms with van der Waals surface area (Å²) in [7, 11) is 0. The van der Waals surface area contributed by atoms with Gasteiger partial charge in [-0.15, -0.1) is 0 Å². The highest BCUT2D eigenvalue weighted by atomic mass is 16.6. The van der Waals surface area contributed by atoms with E-state index in [1.165, 1.54) is 11.1 Å². The molecule has 0 aromatic rings. The zero-order chi connectivity index (χ0) is 15.6. The Morgan fingerprint density at radius 1 is 1.45 bits per heavy atom. The molecule has 0 spiro atoms. The molecule has 1 heterocycles. The van der Waals surface area contributed by atoms with Crippen molar-refractivity contribution in [3.63, 3.8) is 0 Å². The van der Waals surface area contributed by atoms with Crippen molar-refractivity contribution < 1.29 is 19.1 Å². The lowest BCUT2D eigenvalue weighted by Gasteiger charge is -2.34.